The zero-order valence-corrected chi connectivity index (χ0v) is 21.9. The van der Waals surface area contributed by atoms with Crippen molar-refractivity contribution in [3.63, 3.8) is 0 Å². The van der Waals surface area contributed by atoms with Gasteiger partial charge < -0.3 is 0 Å². The summed E-state index contributed by atoms with van der Waals surface area (Å²) in [6.45, 7) is 13.1. The van der Waals surface area contributed by atoms with Gasteiger partial charge in [0.15, 0.2) is 0 Å². The van der Waals surface area contributed by atoms with Gasteiger partial charge in [-0.15, -0.1) is 12.3 Å². The van der Waals surface area contributed by atoms with E-state index in [0.717, 1.165) is 32.1 Å². The molecule has 0 amide bonds. The smallest absolute Gasteiger partial charge is 0.105 e. The van der Waals surface area contributed by atoms with Crippen molar-refractivity contribution < 1.29 is 5.82 Å². The maximum Gasteiger partial charge on any atom is 0.105 e. The molecule has 1 aromatic rings. The number of fused-ring (bicyclic) bond motifs is 4. The van der Waals surface area contributed by atoms with Gasteiger partial charge in [-0.2, -0.15) is 10.2 Å². The van der Waals surface area contributed by atoms with Crippen LogP contribution in [-0.4, -0.2) is 15.9 Å². The molecule has 3 aliphatic rings. The fraction of sp³-hybridized carbons (Fsp3) is 0.800. The maximum atomic E-state index is 14.0. The Labute approximate surface area is 203 Å². The molecule has 1 heterocycles. The topological polar surface area (TPSA) is 25.8 Å². The molecule has 0 bridgehead atoms. The molecular weight excluding hydrogens is 407 g/mol. The summed E-state index contributed by atoms with van der Waals surface area (Å²) in [5.41, 5.74) is 4.90. The summed E-state index contributed by atoms with van der Waals surface area (Å²) >= 11 is 0. The molecule has 3 heteroatoms. The van der Waals surface area contributed by atoms with Crippen LogP contribution in [0.2, 0.25) is 0 Å². The first-order valence-corrected chi connectivity index (χ1v) is 13.6. The van der Waals surface area contributed by atoms with Crippen molar-refractivity contribution in [2.24, 2.45) is 29.1 Å². The number of nitrogens with zero attached hydrogens (tertiary/aromatic N) is 2. The highest BCUT2D eigenvalue weighted by Crippen LogP contribution is 2.60. The summed E-state index contributed by atoms with van der Waals surface area (Å²) in [5.74, 6) is 6.36. The van der Waals surface area contributed by atoms with Gasteiger partial charge in [0.25, 0.3) is 0 Å². The SMILES string of the molecule is C#CC1CCC2(C)C(CCC)c3c(nnc4c3C(C)C([C@H](C)CCCC(C)(C)F)C4)C[C@H]2C1.[H]. The van der Waals surface area contributed by atoms with E-state index >= 15 is 0 Å². The molecule has 33 heavy (non-hydrogen) atoms. The average molecular weight is 454 g/mol. The van der Waals surface area contributed by atoms with Crippen molar-refractivity contribution in [1.29, 1.82) is 0 Å². The molecule has 1 aromatic heterocycles. The third-order valence-electron chi connectivity index (χ3n) is 9.82. The van der Waals surface area contributed by atoms with Gasteiger partial charge >= 0.3 is 0 Å². The van der Waals surface area contributed by atoms with Gasteiger partial charge in [0.2, 0.25) is 0 Å². The number of alkyl halides is 1. The molecule has 1 radical (unpaired) electrons. The van der Waals surface area contributed by atoms with Crippen LogP contribution in [0.25, 0.3) is 0 Å². The molecule has 183 valence electrons. The first kappa shape index (κ1) is 24.7. The lowest BCUT2D eigenvalue weighted by molar-refractivity contribution is 0.0465. The Kier molecular flexibility index (Phi) is 6.97. The predicted octanol–water partition coefficient (Wildman–Crippen LogP) is 7.92. The molecule has 0 aromatic carbocycles. The third kappa shape index (κ3) is 4.61. The molecular formula is C30H46FN2. The van der Waals surface area contributed by atoms with Crippen LogP contribution in [0.15, 0.2) is 0 Å². The molecule has 5 unspecified atom stereocenters. The fourth-order valence-electron chi connectivity index (χ4n) is 7.78. The normalized spacial score (nSPS) is 34.2. The molecule has 0 spiro atoms. The van der Waals surface area contributed by atoms with Crippen LogP contribution in [0.1, 0.15) is 129 Å². The minimum absolute atomic E-state index is 0. The van der Waals surface area contributed by atoms with E-state index in [9.17, 15) is 4.39 Å². The van der Waals surface area contributed by atoms with Crippen molar-refractivity contribution in [3.8, 4) is 12.3 Å². The quantitative estimate of drug-likeness (QED) is 0.392. The second-order valence-corrected chi connectivity index (χ2v) is 12.6. The lowest BCUT2D eigenvalue weighted by atomic mass is 9.52. The summed E-state index contributed by atoms with van der Waals surface area (Å²) in [7, 11) is 0. The number of rotatable bonds is 7. The summed E-state index contributed by atoms with van der Waals surface area (Å²) in [5, 5.41) is 9.69. The van der Waals surface area contributed by atoms with Crippen molar-refractivity contribution in [3.05, 3.63) is 22.5 Å². The van der Waals surface area contributed by atoms with Crippen molar-refractivity contribution >= 4 is 0 Å². The highest BCUT2D eigenvalue weighted by atomic mass is 19.1. The Hall–Kier alpha value is -1.43. The molecule has 2 nitrogen and oxygen atoms in total. The lowest BCUT2D eigenvalue weighted by Gasteiger charge is -2.52. The van der Waals surface area contributed by atoms with E-state index in [2.05, 4.69) is 33.6 Å². The van der Waals surface area contributed by atoms with Gasteiger partial charge in [0.1, 0.15) is 5.67 Å². The van der Waals surface area contributed by atoms with Gasteiger partial charge in [-0.1, -0.05) is 47.0 Å². The van der Waals surface area contributed by atoms with E-state index in [0.29, 0.717) is 47.3 Å². The minimum Gasteiger partial charge on any atom is -0.245 e. The Morgan fingerprint density at radius 2 is 1.94 bits per heavy atom. The largest absolute Gasteiger partial charge is 0.245 e. The van der Waals surface area contributed by atoms with Crippen LogP contribution in [0.3, 0.4) is 0 Å². The van der Waals surface area contributed by atoms with E-state index in [-0.39, 0.29) is 1.43 Å². The summed E-state index contributed by atoms with van der Waals surface area (Å²) < 4.78 is 14.0. The molecule has 4 rings (SSSR count). The van der Waals surface area contributed by atoms with Gasteiger partial charge in [-0.25, -0.2) is 4.39 Å². The Balaban J connectivity index is 0.00000324. The first-order chi connectivity index (χ1) is 15.6. The zero-order valence-electron chi connectivity index (χ0n) is 22.9. The Morgan fingerprint density at radius 1 is 1.24 bits per heavy atom. The molecule has 1 fully saturated rings. The van der Waals surface area contributed by atoms with Crippen molar-refractivity contribution in [1.82, 2.24) is 10.2 Å². The lowest BCUT2D eigenvalue weighted by Crippen LogP contribution is -2.44. The second-order valence-electron chi connectivity index (χ2n) is 12.6. The van der Waals surface area contributed by atoms with Gasteiger partial charge in [0, 0.05) is 7.34 Å². The van der Waals surface area contributed by atoms with Crippen LogP contribution in [-0.2, 0) is 12.8 Å². The summed E-state index contributed by atoms with van der Waals surface area (Å²) in [6, 6.07) is 0. The summed E-state index contributed by atoms with van der Waals surface area (Å²) in [6.07, 6.45) is 16.6. The Morgan fingerprint density at radius 3 is 2.58 bits per heavy atom. The molecule has 0 saturated heterocycles. The van der Waals surface area contributed by atoms with Crippen LogP contribution in [0.5, 0.6) is 0 Å². The maximum absolute atomic E-state index is 14.0. The fourth-order valence-corrected chi connectivity index (χ4v) is 7.78. The van der Waals surface area contributed by atoms with Crippen molar-refractivity contribution in [2.45, 2.75) is 123 Å². The van der Waals surface area contributed by atoms with Gasteiger partial charge in [-0.05, 0) is 105 Å². The zero-order chi connectivity index (χ0) is 24.0. The summed E-state index contributed by atoms with van der Waals surface area (Å²) in [4.78, 5) is 0. The molecule has 0 N–H and O–H groups in total. The van der Waals surface area contributed by atoms with E-state index in [1.165, 1.54) is 37.1 Å². The number of terminal acetylenes is 1. The molecule has 7 atom stereocenters. The van der Waals surface area contributed by atoms with E-state index < -0.39 is 5.67 Å². The Bertz CT molecular complexity index is 900. The van der Waals surface area contributed by atoms with Gasteiger partial charge in [-0.3, -0.25) is 0 Å². The van der Waals surface area contributed by atoms with E-state index in [4.69, 9.17) is 16.6 Å². The minimum atomic E-state index is -1.06. The number of halogens is 1. The number of aromatic nitrogens is 2. The highest BCUT2D eigenvalue weighted by Gasteiger charge is 2.51. The van der Waals surface area contributed by atoms with Crippen LogP contribution in [0, 0.1) is 41.4 Å². The second kappa shape index (κ2) is 9.31. The van der Waals surface area contributed by atoms with E-state index in [1.54, 1.807) is 25.0 Å². The van der Waals surface area contributed by atoms with Gasteiger partial charge in [0.05, 0.1) is 11.4 Å². The molecule has 1 saturated carbocycles. The predicted molar refractivity (Wildman–Crippen MR) is 136 cm³/mol. The average Bonchev–Trinajstić information content (AvgIpc) is 3.09. The van der Waals surface area contributed by atoms with Crippen LogP contribution >= 0.6 is 0 Å². The van der Waals surface area contributed by atoms with Crippen LogP contribution in [0.4, 0.5) is 4.39 Å². The van der Waals surface area contributed by atoms with Crippen molar-refractivity contribution in [2.75, 3.05) is 0 Å². The van der Waals surface area contributed by atoms with Crippen LogP contribution < -0.4 is 0 Å². The first-order valence-electron chi connectivity index (χ1n) is 13.6. The third-order valence-corrected chi connectivity index (χ3v) is 9.82. The number of hydrogen-bond acceptors (Lipinski definition) is 2. The standard InChI is InChI=1S/C30H45FN2.H/c1-8-11-24-28-25(17-22-16-21(9-2)13-15-30(22,24)7)32-33-26-18-23(20(4)27(26)28)19(3)12-10-14-29(5,6)31;/h2,19-24H,8,10-18H2,1,3-7H3;/t19-,20?,21?,22-,23?,24?,30?;/m1./s1. The highest BCUT2D eigenvalue weighted by molar-refractivity contribution is 5.45. The van der Waals surface area contributed by atoms with E-state index in [1.807, 2.05) is 0 Å². The molecule has 0 aliphatic heterocycles. The monoisotopic (exact) mass is 453 g/mol. The molecule has 3 aliphatic carbocycles. The number of hydrogen-bond donors (Lipinski definition) is 0.